The summed E-state index contributed by atoms with van der Waals surface area (Å²) in [6.45, 7) is 3.08. The Hall–Kier alpha value is -3.40. The van der Waals surface area contributed by atoms with Crippen molar-refractivity contribution in [1.82, 2.24) is 9.29 Å². The van der Waals surface area contributed by atoms with Crippen LogP contribution in [0.5, 0.6) is 0 Å². The molecule has 0 bridgehead atoms. The van der Waals surface area contributed by atoms with Gasteiger partial charge >= 0.3 is 6.18 Å². The zero-order chi connectivity index (χ0) is 21.4. The fourth-order valence-electron chi connectivity index (χ4n) is 2.66. The van der Waals surface area contributed by atoms with E-state index in [4.69, 9.17) is 0 Å². The lowest BCUT2D eigenvalue weighted by Crippen LogP contribution is -2.28. The molecule has 0 aliphatic heterocycles. The first-order valence-corrected chi connectivity index (χ1v) is 9.59. The first-order chi connectivity index (χ1) is 13.5. The summed E-state index contributed by atoms with van der Waals surface area (Å²) in [5.74, 6) is -0.948. The maximum absolute atomic E-state index is 12.8. The number of benzene rings is 2. The van der Waals surface area contributed by atoms with Crippen molar-refractivity contribution in [2.75, 3.05) is 0 Å². The van der Waals surface area contributed by atoms with Crippen LogP contribution in [-0.2, 0) is 16.2 Å². The molecule has 1 amide bonds. The molecule has 1 N–H and O–H groups in total. The number of sulfonamides is 1. The third-order valence-corrected chi connectivity index (χ3v) is 4.99. The second-order valence-electron chi connectivity index (χ2n) is 5.97. The fourth-order valence-corrected chi connectivity index (χ4v) is 3.12. The van der Waals surface area contributed by atoms with Gasteiger partial charge in [-0.2, -0.15) is 13.2 Å². The van der Waals surface area contributed by atoms with Gasteiger partial charge in [0.1, 0.15) is 0 Å². The van der Waals surface area contributed by atoms with Crippen LogP contribution in [0.1, 0.15) is 15.9 Å². The van der Waals surface area contributed by atoms with E-state index in [1.807, 2.05) is 0 Å². The molecule has 0 aliphatic carbocycles. The maximum Gasteiger partial charge on any atom is 0.416 e. The number of nitrogens with zero attached hydrogens (tertiary/aromatic N) is 1. The number of hydrogen-bond donors (Lipinski definition) is 1. The molecule has 0 unspecified atom stereocenters. The van der Waals surface area contributed by atoms with Crippen LogP contribution in [0.25, 0.3) is 16.6 Å². The van der Waals surface area contributed by atoms with E-state index < -0.39 is 33.1 Å². The Bertz CT molecular complexity index is 1280. The van der Waals surface area contributed by atoms with Crippen molar-refractivity contribution in [3.8, 4) is 5.69 Å². The van der Waals surface area contributed by atoms with E-state index in [0.717, 1.165) is 12.1 Å². The molecule has 6 nitrogen and oxygen atoms in total. The molecule has 2 aromatic carbocycles. The Morgan fingerprint density at radius 2 is 1.72 bits per heavy atom. The van der Waals surface area contributed by atoms with Crippen molar-refractivity contribution >= 4 is 26.8 Å². The molecule has 1 heterocycles. The summed E-state index contributed by atoms with van der Waals surface area (Å²) in [7, 11) is -4.01. The van der Waals surface area contributed by atoms with E-state index in [-0.39, 0.29) is 10.9 Å². The topological polar surface area (TPSA) is 85.2 Å². The molecule has 0 spiro atoms. The number of amides is 1. The molecule has 10 heteroatoms. The highest BCUT2D eigenvalue weighted by atomic mass is 32.2. The number of pyridine rings is 1. The van der Waals surface area contributed by atoms with Crippen LogP contribution in [0.4, 0.5) is 13.2 Å². The molecular weight excluding hydrogens is 409 g/mol. The Morgan fingerprint density at radius 1 is 1.07 bits per heavy atom. The molecular formula is C19H13F3N2O4S. The van der Waals surface area contributed by atoms with Crippen molar-refractivity contribution in [3.63, 3.8) is 0 Å². The van der Waals surface area contributed by atoms with Gasteiger partial charge in [0, 0.05) is 34.3 Å². The number of carbonyl (C=O) groups is 1. The predicted molar refractivity (Wildman–Crippen MR) is 101 cm³/mol. The fraction of sp³-hybridized carbons (Fsp3) is 0.0526. The Labute approximate surface area is 163 Å². The number of fused-ring (bicyclic) bond motifs is 1. The monoisotopic (exact) mass is 422 g/mol. The molecule has 3 rings (SSSR count). The average Bonchev–Trinajstić information content (AvgIpc) is 2.67. The van der Waals surface area contributed by atoms with Gasteiger partial charge in [0.2, 0.25) is 0 Å². The normalized spacial score (nSPS) is 12.0. The van der Waals surface area contributed by atoms with Gasteiger partial charge in [-0.3, -0.25) is 9.59 Å². The lowest BCUT2D eigenvalue weighted by Gasteiger charge is -2.13. The molecule has 0 saturated heterocycles. The van der Waals surface area contributed by atoms with Crippen molar-refractivity contribution in [3.05, 3.63) is 88.1 Å². The minimum Gasteiger partial charge on any atom is -0.316 e. The number of rotatable bonds is 4. The van der Waals surface area contributed by atoms with Crippen LogP contribution in [-0.4, -0.2) is 18.9 Å². The summed E-state index contributed by atoms with van der Waals surface area (Å²) in [4.78, 5) is 24.3. The SMILES string of the molecule is C=CS(=O)(=O)NC(=O)c1ccc2c(c1)c(=O)ccn2-c1ccc(C(F)(F)F)cc1. The second kappa shape index (κ2) is 7.21. The third kappa shape index (κ3) is 4.21. The minimum absolute atomic E-state index is 0.0785. The Morgan fingerprint density at radius 3 is 2.31 bits per heavy atom. The standard InChI is InChI=1S/C19H13F3N2O4S/c1-2-29(27,28)23-18(26)12-3-8-16-15(11-12)17(25)9-10-24(16)14-6-4-13(5-7-14)19(20,21)22/h2-11H,1H2,(H,23,26). The minimum atomic E-state index is -4.47. The van der Waals surface area contributed by atoms with Crippen molar-refractivity contribution < 1.29 is 26.4 Å². The van der Waals surface area contributed by atoms with E-state index in [0.29, 0.717) is 16.6 Å². The van der Waals surface area contributed by atoms with Gasteiger partial charge < -0.3 is 4.57 Å². The Balaban J connectivity index is 2.08. The third-order valence-electron chi connectivity index (χ3n) is 4.09. The van der Waals surface area contributed by atoms with E-state index >= 15 is 0 Å². The van der Waals surface area contributed by atoms with Crippen LogP contribution >= 0.6 is 0 Å². The summed E-state index contributed by atoms with van der Waals surface area (Å²) >= 11 is 0. The predicted octanol–water partition coefficient (Wildman–Crippen LogP) is 3.21. The Kier molecular flexibility index (Phi) is 5.05. The summed E-state index contributed by atoms with van der Waals surface area (Å²) in [6.07, 6.45) is -3.08. The summed E-state index contributed by atoms with van der Waals surface area (Å²) in [6, 6.07) is 9.46. The van der Waals surface area contributed by atoms with Crippen molar-refractivity contribution in [1.29, 1.82) is 0 Å². The zero-order valence-corrected chi connectivity index (χ0v) is 15.4. The largest absolute Gasteiger partial charge is 0.416 e. The number of aromatic nitrogens is 1. The highest BCUT2D eigenvalue weighted by Gasteiger charge is 2.30. The number of carbonyl (C=O) groups excluding carboxylic acids is 1. The summed E-state index contributed by atoms with van der Waals surface area (Å²) < 4.78 is 64.4. The second-order valence-corrected chi connectivity index (χ2v) is 7.60. The van der Waals surface area contributed by atoms with Gasteiger partial charge in [-0.25, -0.2) is 13.1 Å². The molecule has 0 saturated carbocycles. The van der Waals surface area contributed by atoms with Gasteiger partial charge in [-0.15, -0.1) is 0 Å². The quantitative estimate of drug-likeness (QED) is 0.700. The van der Waals surface area contributed by atoms with Crippen LogP contribution in [0, 0.1) is 0 Å². The van der Waals surface area contributed by atoms with Crippen LogP contribution < -0.4 is 10.2 Å². The zero-order valence-electron chi connectivity index (χ0n) is 14.6. The summed E-state index contributed by atoms with van der Waals surface area (Å²) in [5.41, 5.74) is -0.626. The average molecular weight is 422 g/mol. The van der Waals surface area contributed by atoms with Crippen LogP contribution in [0.15, 0.2) is 71.5 Å². The maximum atomic E-state index is 12.8. The van der Waals surface area contributed by atoms with Gasteiger partial charge in [0.25, 0.3) is 15.9 Å². The molecule has 0 radical (unpaired) electrons. The molecule has 3 aromatic rings. The van der Waals surface area contributed by atoms with E-state index in [1.165, 1.54) is 47.2 Å². The number of nitrogens with one attached hydrogen (secondary N) is 1. The van der Waals surface area contributed by atoms with Crippen molar-refractivity contribution in [2.24, 2.45) is 0 Å². The van der Waals surface area contributed by atoms with E-state index in [1.54, 1.807) is 4.72 Å². The number of hydrogen-bond acceptors (Lipinski definition) is 4. The number of halogens is 3. The van der Waals surface area contributed by atoms with Gasteiger partial charge in [0.05, 0.1) is 11.1 Å². The lowest BCUT2D eigenvalue weighted by molar-refractivity contribution is -0.137. The molecule has 0 aliphatic rings. The molecule has 1 aromatic heterocycles. The van der Waals surface area contributed by atoms with Gasteiger partial charge in [-0.1, -0.05) is 6.58 Å². The molecule has 0 atom stereocenters. The first-order valence-electron chi connectivity index (χ1n) is 8.04. The lowest BCUT2D eigenvalue weighted by atomic mass is 10.1. The molecule has 0 fully saturated rings. The van der Waals surface area contributed by atoms with E-state index in [2.05, 4.69) is 6.58 Å². The molecule has 150 valence electrons. The number of alkyl halides is 3. The summed E-state index contributed by atoms with van der Waals surface area (Å²) in [5, 5.41) is 0.667. The smallest absolute Gasteiger partial charge is 0.316 e. The first kappa shape index (κ1) is 20.3. The van der Waals surface area contributed by atoms with Crippen LogP contribution in [0.2, 0.25) is 0 Å². The van der Waals surface area contributed by atoms with Gasteiger partial charge in [-0.05, 0) is 42.5 Å². The van der Waals surface area contributed by atoms with Crippen LogP contribution in [0.3, 0.4) is 0 Å². The molecule has 29 heavy (non-hydrogen) atoms. The van der Waals surface area contributed by atoms with Gasteiger partial charge in [0.15, 0.2) is 5.43 Å². The van der Waals surface area contributed by atoms with Crippen molar-refractivity contribution in [2.45, 2.75) is 6.18 Å². The highest BCUT2D eigenvalue weighted by molar-refractivity contribution is 7.92. The van der Waals surface area contributed by atoms with E-state index in [9.17, 15) is 31.2 Å². The highest BCUT2D eigenvalue weighted by Crippen LogP contribution is 2.30.